The van der Waals surface area contributed by atoms with Crippen molar-refractivity contribution in [2.75, 3.05) is 32.8 Å². The van der Waals surface area contributed by atoms with Crippen LogP contribution in [0.1, 0.15) is 6.42 Å². The minimum absolute atomic E-state index is 0.00522. The van der Waals surface area contributed by atoms with Crippen LogP contribution in [0.4, 0.5) is 0 Å². The number of aliphatic carboxylic acids is 1. The first-order valence-electron chi connectivity index (χ1n) is 5.54. The van der Waals surface area contributed by atoms with Gasteiger partial charge in [0, 0.05) is 19.1 Å². The molecule has 1 rings (SSSR count). The number of hydrogen-bond acceptors (Lipinski definition) is 4. The van der Waals surface area contributed by atoms with Gasteiger partial charge in [-0.1, -0.05) is 6.08 Å². The first-order chi connectivity index (χ1) is 8.13. The number of nitrogens with zero attached hydrogens (tertiary/aromatic N) is 1. The zero-order valence-electron chi connectivity index (χ0n) is 9.72. The molecule has 1 amide bonds. The molecule has 1 unspecified atom stereocenters. The predicted molar refractivity (Wildman–Crippen MR) is 61.6 cm³/mol. The summed E-state index contributed by atoms with van der Waals surface area (Å²) in [4.78, 5) is 24.0. The number of carboxylic acid groups (broad SMARTS) is 1. The van der Waals surface area contributed by atoms with Crippen LogP contribution in [0.5, 0.6) is 0 Å². The van der Waals surface area contributed by atoms with Crippen molar-refractivity contribution in [2.24, 2.45) is 0 Å². The van der Waals surface area contributed by atoms with E-state index in [1.54, 1.807) is 6.08 Å². The number of ether oxygens (including phenoxy) is 1. The molecule has 1 atom stereocenters. The molecule has 6 heteroatoms. The Morgan fingerprint density at radius 3 is 3.00 bits per heavy atom. The van der Waals surface area contributed by atoms with E-state index in [0.717, 1.165) is 0 Å². The van der Waals surface area contributed by atoms with E-state index in [1.165, 1.54) is 0 Å². The average molecular weight is 242 g/mol. The van der Waals surface area contributed by atoms with E-state index >= 15 is 0 Å². The van der Waals surface area contributed by atoms with Crippen molar-refractivity contribution in [2.45, 2.75) is 12.5 Å². The lowest BCUT2D eigenvalue weighted by Gasteiger charge is -2.34. The van der Waals surface area contributed by atoms with Gasteiger partial charge in [0.1, 0.15) is 0 Å². The highest BCUT2D eigenvalue weighted by Crippen LogP contribution is 2.10. The van der Waals surface area contributed by atoms with Gasteiger partial charge < -0.3 is 15.2 Å². The third-order valence-electron chi connectivity index (χ3n) is 2.55. The molecule has 96 valence electrons. The van der Waals surface area contributed by atoms with Crippen molar-refractivity contribution in [3.8, 4) is 0 Å². The Bertz CT molecular complexity index is 293. The number of carbonyl (C=O) groups is 2. The van der Waals surface area contributed by atoms with Crippen molar-refractivity contribution in [1.82, 2.24) is 10.2 Å². The summed E-state index contributed by atoms with van der Waals surface area (Å²) in [5.41, 5.74) is 0. The maximum Gasteiger partial charge on any atom is 0.305 e. The van der Waals surface area contributed by atoms with Crippen LogP contribution in [-0.4, -0.2) is 60.8 Å². The molecule has 1 aliphatic rings. The van der Waals surface area contributed by atoms with Gasteiger partial charge in [-0.05, 0) is 0 Å². The molecular formula is C11H18N2O4. The average Bonchev–Trinajstić information content (AvgIpc) is 2.28. The number of carboxylic acids is 1. The van der Waals surface area contributed by atoms with E-state index in [9.17, 15) is 9.59 Å². The smallest absolute Gasteiger partial charge is 0.305 e. The van der Waals surface area contributed by atoms with E-state index in [2.05, 4.69) is 11.9 Å². The van der Waals surface area contributed by atoms with Crippen molar-refractivity contribution in [3.63, 3.8) is 0 Å². The molecule has 1 aliphatic heterocycles. The van der Waals surface area contributed by atoms with Gasteiger partial charge in [-0.2, -0.15) is 0 Å². The number of morpholine rings is 1. The van der Waals surface area contributed by atoms with E-state index in [0.29, 0.717) is 26.3 Å². The molecule has 0 saturated carbocycles. The molecule has 17 heavy (non-hydrogen) atoms. The van der Waals surface area contributed by atoms with Gasteiger partial charge in [-0.3, -0.25) is 14.5 Å². The minimum atomic E-state index is -0.878. The molecule has 6 nitrogen and oxygen atoms in total. The quantitative estimate of drug-likeness (QED) is 0.612. The summed E-state index contributed by atoms with van der Waals surface area (Å²) >= 11 is 0. The summed E-state index contributed by atoms with van der Waals surface area (Å²) in [5.74, 6) is -1.00. The maximum atomic E-state index is 11.5. The Balaban J connectivity index is 2.44. The molecule has 0 aromatic heterocycles. The lowest BCUT2D eigenvalue weighted by molar-refractivity contribution is -0.141. The monoisotopic (exact) mass is 242 g/mol. The molecule has 2 N–H and O–H groups in total. The highest BCUT2D eigenvalue weighted by Gasteiger charge is 2.26. The first kappa shape index (κ1) is 13.7. The van der Waals surface area contributed by atoms with Crippen LogP contribution in [0.2, 0.25) is 0 Å². The van der Waals surface area contributed by atoms with Crippen LogP contribution in [0.3, 0.4) is 0 Å². The van der Waals surface area contributed by atoms with Gasteiger partial charge in [0.15, 0.2) is 0 Å². The number of nitrogens with one attached hydrogen (secondary N) is 1. The summed E-state index contributed by atoms with van der Waals surface area (Å²) in [5, 5.41) is 11.4. The summed E-state index contributed by atoms with van der Waals surface area (Å²) in [7, 11) is 0. The molecular weight excluding hydrogens is 224 g/mol. The number of carbonyl (C=O) groups excluding carboxylic acids is 1. The Morgan fingerprint density at radius 1 is 1.59 bits per heavy atom. The molecule has 0 bridgehead atoms. The molecule has 0 aromatic carbocycles. The fourth-order valence-corrected chi connectivity index (χ4v) is 1.71. The fraction of sp³-hybridized carbons (Fsp3) is 0.636. The number of hydrogen-bond donors (Lipinski definition) is 2. The second-order valence-corrected chi connectivity index (χ2v) is 3.89. The van der Waals surface area contributed by atoms with Crippen molar-refractivity contribution in [3.05, 3.63) is 12.7 Å². The van der Waals surface area contributed by atoms with Gasteiger partial charge in [-0.15, -0.1) is 6.58 Å². The summed E-state index contributed by atoms with van der Waals surface area (Å²) in [6, 6.07) is -0.226. The summed E-state index contributed by atoms with van der Waals surface area (Å²) in [6.07, 6.45) is 1.60. The van der Waals surface area contributed by atoms with E-state index < -0.39 is 5.97 Å². The van der Waals surface area contributed by atoms with Crippen molar-refractivity contribution >= 4 is 11.9 Å². The zero-order valence-corrected chi connectivity index (χ0v) is 9.72. The van der Waals surface area contributed by atoms with Crippen LogP contribution in [-0.2, 0) is 14.3 Å². The molecule has 0 aromatic rings. The topological polar surface area (TPSA) is 78.9 Å². The standard InChI is InChI=1S/C11H18N2O4/c1-2-3-12-10(14)7-13-4-5-17-8-9(13)6-11(15)16/h2,9H,1,3-8H2,(H,12,14)(H,15,16). The molecule has 0 aliphatic carbocycles. The largest absolute Gasteiger partial charge is 0.481 e. The number of amides is 1. The van der Waals surface area contributed by atoms with Crippen molar-refractivity contribution in [1.29, 1.82) is 0 Å². The summed E-state index contributed by atoms with van der Waals surface area (Å²) in [6.45, 7) is 5.61. The molecule has 1 saturated heterocycles. The molecule has 1 fully saturated rings. The number of rotatable bonds is 6. The molecule has 0 spiro atoms. The highest BCUT2D eigenvalue weighted by atomic mass is 16.5. The maximum absolute atomic E-state index is 11.5. The lowest BCUT2D eigenvalue weighted by atomic mass is 10.1. The van der Waals surface area contributed by atoms with Gasteiger partial charge in [0.25, 0.3) is 0 Å². The van der Waals surface area contributed by atoms with Crippen LogP contribution < -0.4 is 5.32 Å². The van der Waals surface area contributed by atoms with Gasteiger partial charge in [0.05, 0.1) is 26.2 Å². The molecule has 1 heterocycles. The van der Waals surface area contributed by atoms with Crippen LogP contribution >= 0.6 is 0 Å². The lowest BCUT2D eigenvalue weighted by Crippen LogP contribution is -2.50. The Morgan fingerprint density at radius 2 is 2.35 bits per heavy atom. The van der Waals surface area contributed by atoms with E-state index in [4.69, 9.17) is 9.84 Å². The normalized spacial score (nSPS) is 20.8. The third kappa shape index (κ3) is 4.97. The zero-order chi connectivity index (χ0) is 12.7. The fourth-order valence-electron chi connectivity index (χ4n) is 1.71. The van der Waals surface area contributed by atoms with Crippen LogP contribution in [0.15, 0.2) is 12.7 Å². The highest BCUT2D eigenvalue weighted by molar-refractivity contribution is 5.78. The Hall–Kier alpha value is -1.40. The molecule has 0 radical (unpaired) electrons. The van der Waals surface area contributed by atoms with Gasteiger partial charge in [0.2, 0.25) is 5.91 Å². The van der Waals surface area contributed by atoms with E-state index in [1.807, 2.05) is 4.90 Å². The Kier molecular flexibility index (Phi) is 5.65. The van der Waals surface area contributed by atoms with E-state index in [-0.39, 0.29) is 24.9 Å². The predicted octanol–water partition coefficient (Wildman–Crippen LogP) is -0.536. The second kappa shape index (κ2) is 7.03. The minimum Gasteiger partial charge on any atom is -0.481 e. The second-order valence-electron chi connectivity index (χ2n) is 3.89. The summed E-state index contributed by atoms with van der Waals surface area (Å²) < 4.78 is 5.22. The third-order valence-corrected chi connectivity index (χ3v) is 2.55. The van der Waals surface area contributed by atoms with Gasteiger partial charge >= 0.3 is 5.97 Å². The first-order valence-corrected chi connectivity index (χ1v) is 5.54. The van der Waals surface area contributed by atoms with Crippen LogP contribution in [0.25, 0.3) is 0 Å². The SMILES string of the molecule is C=CCNC(=O)CN1CCOCC1CC(=O)O. The van der Waals surface area contributed by atoms with Crippen molar-refractivity contribution < 1.29 is 19.4 Å². The van der Waals surface area contributed by atoms with Gasteiger partial charge in [-0.25, -0.2) is 0 Å². The Labute approximate surface area is 100 Å². The van der Waals surface area contributed by atoms with Crippen LogP contribution in [0, 0.1) is 0 Å².